The molecule has 0 aliphatic carbocycles. The highest BCUT2D eigenvalue weighted by molar-refractivity contribution is 5.70. The van der Waals surface area contributed by atoms with Crippen LogP contribution in [-0.2, 0) is 23.8 Å². The van der Waals surface area contributed by atoms with Crippen LogP contribution in [0.5, 0.6) is 0 Å². The number of carbonyl (C=O) groups is 2. The third-order valence-electron chi connectivity index (χ3n) is 9.79. The number of rotatable bonds is 37. The molecule has 51 heavy (non-hydrogen) atoms. The van der Waals surface area contributed by atoms with Crippen LogP contribution in [0, 0.1) is 5.92 Å². The first kappa shape index (κ1) is 47.1. The zero-order valence-corrected chi connectivity index (χ0v) is 33.5. The second-order valence-corrected chi connectivity index (χ2v) is 15.3. The first-order valence-corrected chi connectivity index (χ1v) is 21.5. The van der Waals surface area contributed by atoms with Gasteiger partial charge in [-0.05, 0) is 57.3 Å². The van der Waals surface area contributed by atoms with Gasteiger partial charge in [0.2, 0.25) is 0 Å². The van der Waals surface area contributed by atoms with Gasteiger partial charge in [-0.15, -0.1) is 0 Å². The zero-order valence-electron chi connectivity index (χ0n) is 33.5. The topological polar surface area (TPSA) is 85.4 Å². The highest BCUT2D eigenvalue weighted by Crippen LogP contribution is 2.30. The van der Waals surface area contributed by atoms with Crippen molar-refractivity contribution in [3.8, 4) is 0 Å². The average molecular weight is 717 g/mol. The number of ether oxygens (including phenoxy) is 3. The van der Waals surface area contributed by atoms with E-state index in [0.29, 0.717) is 12.8 Å². The number of aliphatic hydroxyl groups excluding tert-OH is 1. The lowest BCUT2D eigenvalue weighted by atomic mass is 10.0. The fourth-order valence-corrected chi connectivity index (χ4v) is 6.41. The van der Waals surface area contributed by atoms with Crippen molar-refractivity contribution in [3.63, 3.8) is 0 Å². The van der Waals surface area contributed by atoms with Gasteiger partial charge in [0.25, 0.3) is 0 Å². The number of hydrogen-bond donors (Lipinski definition) is 1. The minimum Gasteiger partial charge on any atom is -0.462 e. The predicted molar refractivity (Wildman–Crippen MR) is 214 cm³/mol. The first-order chi connectivity index (χ1) is 25.0. The van der Waals surface area contributed by atoms with Crippen molar-refractivity contribution in [2.45, 2.75) is 219 Å². The molecule has 1 N–H and O–H groups in total. The van der Waals surface area contributed by atoms with E-state index < -0.39 is 6.10 Å². The summed E-state index contributed by atoms with van der Waals surface area (Å²) in [5.41, 5.74) is 0. The van der Waals surface area contributed by atoms with E-state index in [1.54, 1.807) is 0 Å². The summed E-state index contributed by atoms with van der Waals surface area (Å²) in [6.07, 6.45) is 45.2. The number of esters is 2. The lowest BCUT2D eigenvalue weighted by Gasteiger charge is -2.15. The monoisotopic (exact) mass is 717 g/mol. The zero-order chi connectivity index (χ0) is 37.0. The van der Waals surface area contributed by atoms with Crippen LogP contribution in [0.25, 0.3) is 0 Å². The molecular formula is C45H80O6. The molecule has 296 valence electrons. The smallest absolute Gasteiger partial charge is 0.306 e. The van der Waals surface area contributed by atoms with Gasteiger partial charge in [0.1, 0.15) is 6.61 Å². The highest BCUT2D eigenvalue weighted by Gasteiger charge is 2.36. The van der Waals surface area contributed by atoms with Gasteiger partial charge in [0, 0.05) is 12.8 Å². The molecule has 6 heteroatoms. The van der Waals surface area contributed by atoms with E-state index in [1.807, 2.05) is 0 Å². The summed E-state index contributed by atoms with van der Waals surface area (Å²) in [6.45, 7) is 6.42. The van der Waals surface area contributed by atoms with Crippen LogP contribution < -0.4 is 0 Å². The molecule has 3 atom stereocenters. The Kier molecular flexibility index (Phi) is 32.4. The summed E-state index contributed by atoms with van der Waals surface area (Å²) >= 11 is 0. The molecular weight excluding hydrogens is 636 g/mol. The maximum absolute atomic E-state index is 12.3. The van der Waals surface area contributed by atoms with Crippen LogP contribution in [-0.4, -0.2) is 48.6 Å². The fourth-order valence-electron chi connectivity index (χ4n) is 6.41. The molecule has 1 saturated heterocycles. The fraction of sp³-hybridized carbons (Fsp3) is 0.822. The number of unbranched alkanes of at least 4 members (excludes halogenated alkanes) is 18. The Morgan fingerprint density at radius 2 is 1.16 bits per heavy atom. The van der Waals surface area contributed by atoms with Gasteiger partial charge in [-0.3, -0.25) is 9.59 Å². The van der Waals surface area contributed by atoms with E-state index in [4.69, 9.17) is 14.2 Å². The van der Waals surface area contributed by atoms with E-state index in [0.717, 1.165) is 50.9 Å². The van der Waals surface area contributed by atoms with Crippen LogP contribution in [0.1, 0.15) is 201 Å². The van der Waals surface area contributed by atoms with E-state index in [-0.39, 0.29) is 43.8 Å². The summed E-state index contributed by atoms with van der Waals surface area (Å²) in [6, 6.07) is 0. The van der Waals surface area contributed by atoms with Gasteiger partial charge in [-0.25, -0.2) is 0 Å². The molecule has 1 heterocycles. The highest BCUT2D eigenvalue weighted by atomic mass is 16.6. The van der Waals surface area contributed by atoms with Crippen LogP contribution in [0.15, 0.2) is 36.5 Å². The minimum absolute atomic E-state index is 0.0927. The Balaban J connectivity index is 1.90. The molecule has 0 saturated carbocycles. The lowest BCUT2D eigenvalue weighted by molar-refractivity contribution is -0.161. The number of hydrogen-bond acceptors (Lipinski definition) is 6. The van der Waals surface area contributed by atoms with Crippen molar-refractivity contribution >= 4 is 11.9 Å². The second kappa shape index (κ2) is 35.1. The van der Waals surface area contributed by atoms with Crippen molar-refractivity contribution in [2.24, 2.45) is 5.92 Å². The molecule has 0 aromatic heterocycles. The third-order valence-corrected chi connectivity index (χ3v) is 9.79. The SMILES string of the molecule is CCCCC/C=C\C/C=C\C/C=C\CC1OC1CCCC(=O)O[C@@H](CO)COC(=O)CCCCCCCCCCCCCCCCCCC(C)C. The third kappa shape index (κ3) is 32.5. The van der Waals surface area contributed by atoms with Gasteiger partial charge in [-0.2, -0.15) is 0 Å². The maximum atomic E-state index is 12.3. The molecule has 0 aromatic carbocycles. The number of allylic oxidation sites excluding steroid dienone is 5. The number of carbonyl (C=O) groups excluding carboxylic acids is 2. The molecule has 0 bridgehead atoms. The van der Waals surface area contributed by atoms with Gasteiger partial charge in [0.15, 0.2) is 6.10 Å². The summed E-state index contributed by atoms with van der Waals surface area (Å²) in [4.78, 5) is 24.4. The first-order valence-electron chi connectivity index (χ1n) is 21.5. The Morgan fingerprint density at radius 3 is 1.73 bits per heavy atom. The summed E-state index contributed by atoms with van der Waals surface area (Å²) < 4.78 is 16.4. The van der Waals surface area contributed by atoms with Crippen LogP contribution in [0.3, 0.4) is 0 Å². The summed E-state index contributed by atoms with van der Waals surface area (Å²) in [7, 11) is 0. The van der Waals surface area contributed by atoms with Crippen molar-refractivity contribution in [3.05, 3.63) is 36.5 Å². The normalized spacial score (nSPS) is 16.6. The molecule has 1 aliphatic heterocycles. The molecule has 2 unspecified atom stereocenters. The van der Waals surface area contributed by atoms with E-state index in [1.165, 1.54) is 116 Å². The lowest BCUT2D eigenvalue weighted by Crippen LogP contribution is -2.28. The number of epoxide rings is 1. The predicted octanol–water partition coefficient (Wildman–Crippen LogP) is 12.5. The molecule has 1 fully saturated rings. The Morgan fingerprint density at radius 1 is 0.627 bits per heavy atom. The molecule has 0 amide bonds. The molecule has 1 aliphatic rings. The van der Waals surface area contributed by atoms with Crippen molar-refractivity contribution < 1.29 is 28.9 Å². The molecule has 0 aromatic rings. The maximum Gasteiger partial charge on any atom is 0.306 e. The van der Waals surface area contributed by atoms with Gasteiger partial charge in [0.05, 0.1) is 18.8 Å². The van der Waals surface area contributed by atoms with Crippen molar-refractivity contribution in [2.75, 3.05) is 13.2 Å². The quantitative estimate of drug-likeness (QED) is 0.0298. The molecule has 1 rings (SSSR count). The summed E-state index contributed by atoms with van der Waals surface area (Å²) in [5.74, 6) is 0.193. The van der Waals surface area contributed by atoms with Crippen molar-refractivity contribution in [1.82, 2.24) is 0 Å². The number of aliphatic hydroxyl groups is 1. The van der Waals surface area contributed by atoms with Gasteiger partial charge >= 0.3 is 11.9 Å². The van der Waals surface area contributed by atoms with Crippen LogP contribution in [0.2, 0.25) is 0 Å². The second-order valence-electron chi connectivity index (χ2n) is 15.3. The van der Waals surface area contributed by atoms with Crippen LogP contribution >= 0.6 is 0 Å². The molecule has 0 spiro atoms. The minimum atomic E-state index is -0.809. The average Bonchev–Trinajstić information content (AvgIpc) is 3.87. The van der Waals surface area contributed by atoms with Crippen LogP contribution in [0.4, 0.5) is 0 Å². The Hall–Kier alpha value is -1.92. The van der Waals surface area contributed by atoms with E-state index >= 15 is 0 Å². The van der Waals surface area contributed by atoms with Gasteiger partial charge in [-0.1, -0.05) is 173 Å². The molecule has 0 radical (unpaired) electrons. The Labute approximate surface area is 314 Å². The van der Waals surface area contributed by atoms with Gasteiger partial charge < -0.3 is 19.3 Å². The van der Waals surface area contributed by atoms with E-state index in [2.05, 4.69) is 57.2 Å². The van der Waals surface area contributed by atoms with Crippen molar-refractivity contribution in [1.29, 1.82) is 0 Å². The summed E-state index contributed by atoms with van der Waals surface area (Å²) in [5, 5.41) is 9.60. The largest absolute Gasteiger partial charge is 0.462 e. The van der Waals surface area contributed by atoms with E-state index in [9.17, 15) is 14.7 Å². The Bertz CT molecular complexity index is 893. The molecule has 6 nitrogen and oxygen atoms in total. The standard InChI is InChI=1S/C45H80O6/c1-4-5-6-7-8-9-10-18-21-24-27-30-34-42-43(51-42)35-32-37-45(48)50-41(38-46)39-49-44(47)36-31-28-25-22-19-16-14-12-11-13-15-17-20-23-26-29-33-40(2)3/h8-9,18,21,27,30,40-43,46H,4-7,10-17,19-20,22-26,28-29,31-39H2,1-3H3/b9-8-,21-18-,30-27-/t41-,42?,43?/m0/s1.